The second-order valence-corrected chi connectivity index (χ2v) is 7.85. The molecule has 8 heteroatoms. The number of nitrogens with zero attached hydrogens (tertiary/aromatic N) is 3. The minimum atomic E-state index is -0.530. The quantitative estimate of drug-likeness (QED) is 0.606. The SMILES string of the molecule is C[C@H](C(=O)N1CCOCC1)n1c(Cc2ccccc2F)nc2cc(Cl)c(Cl)cc21. The summed E-state index contributed by atoms with van der Waals surface area (Å²) in [6.45, 7) is 3.96. The molecule has 0 N–H and O–H groups in total. The van der Waals surface area contributed by atoms with Gasteiger partial charge in [-0.15, -0.1) is 0 Å². The van der Waals surface area contributed by atoms with Crippen LogP contribution in [0.5, 0.6) is 0 Å². The number of morpholine rings is 1. The standard InChI is InChI=1S/C21H20Cl2FN3O2/c1-13(21(28)26-6-8-29-9-7-26)27-19-12-16(23)15(22)11-18(19)25-20(27)10-14-4-2-3-5-17(14)24/h2-5,11-13H,6-10H2,1H3/t13-/m1/s1. The molecule has 2 heterocycles. The van der Waals surface area contributed by atoms with Crippen LogP contribution in [0.1, 0.15) is 24.4 Å². The molecule has 1 aromatic heterocycles. The topological polar surface area (TPSA) is 47.4 Å². The van der Waals surface area contributed by atoms with E-state index in [1.807, 2.05) is 11.5 Å². The average molecular weight is 436 g/mol. The fraction of sp³-hybridized carbons (Fsp3) is 0.333. The van der Waals surface area contributed by atoms with Crippen LogP contribution < -0.4 is 0 Å². The van der Waals surface area contributed by atoms with E-state index >= 15 is 0 Å². The first-order valence-electron chi connectivity index (χ1n) is 9.41. The number of carbonyl (C=O) groups is 1. The summed E-state index contributed by atoms with van der Waals surface area (Å²) in [6.07, 6.45) is 0.247. The smallest absolute Gasteiger partial charge is 0.245 e. The van der Waals surface area contributed by atoms with Gasteiger partial charge in [-0.25, -0.2) is 9.37 Å². The highest BCUT2D eigenvalue weighted by Crippen LogP contribution is 2.31. The molecule has 29 heavy (non-hydrogen) atoms. The van der Waals surface area contributed by atoms with E-state index in [1.54, 1.807) is 35.2 Å². The fourth-order valence-corrected chi connectivity index (χ4v) is 3.98. The van der Waals surface area contributed by atoms with Crippen molar-refractivity contribution < 1.29 is 13.9 Å². The van der Waals surface area contributed by atoms with Crippen LogP contribution in [0.25, 0.3) is 11.0 Å². The molecule has 0 unspecified atom stereocenters. The molecule has 0 spiro atoms. The summed E-state index contributed by atoms with van der Waals surface area (Å²) in [5.41, 5.74) is 1.82. The number of fused-ring (bicyclic) bond motifs is 1. The second-order valence-electron chi connectivity index (χ2n) is 7.03. The average Bonchev–Trinajstić information content (AvgIpc) is 3.06. The van der Waals surface area contributed by atoms with E-state index in [2.05, 4.69) is 4.98 Å². The third kappa shape index (κ3) is 3.97. The van der Waals surface area contributed by atoms with Gasteiger partial charge in [0.25, 0.3) is 0 Å². The molecule has 1 saturated heterocycles. The zero-order valence-corrected chi connectivity index (χ0v) is 17.4. The minimum Gasteiger partial charge on any atom is -0.378 e. The fourth-order valence-electron chi connectivity index (χ4n) is 3.67. The Morgan fingerprint density at radius 3 is 2.62 bits per heavy atom. The van der Waals surface area contributed by atoms with Gasteiger partial charge in [0.05, 0.1) is 34.3 Å². The van der Waals surface area contributed by atoms with Crippen LogP contribution in [0.2, 0.25) is 10.0 Å². The van der Waals surface area contributed by atoms with Crippen molar-refractivity contribution in [1.29, 1.82) is 0 Å². The molecular formula is C21H20Cl2FN3O2. The lowest BCUT2D eigenvalue weighted by Crippen LogP contribution is -2.43. The van der Waals surface area contributed by atoms with Gasteiger partial charge in [-0.3, -0.25) is 4.79 Å². The first kappa shape index (κ1) is 20.1. The Morgan fingerprint density at radius 2 is 1.90 bits per heavy atom. The summed E-state index contributed by atoms with van der Waals surface area (Å²) < 4.78 is 21.5. The molecule has 0 radical (unpaired) electrons. The molecule has 1 fully saturated rings. The number of benzene rings is 2. The molecule has 1 amide bonds. The van der Waals surface area contributed by atoms with Crippen molar-refractivity contribution in [1.82, 2.24) is 14.5 Å². The molecule has 1 atom stereocenters. The Hall–Kier alpha value is -2.15. The number of amides is 1. The highest BCUT2D eigenvalue weighted by atomic mass is 35.5. The van der Waals surface area contributed by atoms with Crippen molar-refractivity contribution in [3.8, 4) is 0 Å². The van der Waals surface area contributed by atoms with Crippen LogP contribution in [-0.2, 0) is 16.0 Å². The van der Waals surface area contributed by atoms with Crippen molar-refractivity contribution in [2.24, 2.45) is 0 Å². The lowest BCUT2D eigenvalue weighted by molar-refractivity contribution is -0.138. The molecule has 3 aromatic rings. The van der Waals surface area contributed by atoms with Gasteiger partial charge in [0.15, 0.2) is 0 Å². The summed E-state index contributed by atoms with van der Waals surface area (Å²) >= 11 is 12.4. The molecule has 1 aliphatic heterocycles. The van der Waals surface area contributed by atoms with Crippen molar-refractivity contribution in [2.75, 3.05) is 26.3 Å². The number of rotatable bonds is 4. The first-order chi connectivity index (χ1) is 14.0. The van der Waals surface area contributed by atoms with Gasteiger partial charge >= 0.3 is 0 Å². The summed E-state index contributed by atoms with van der Waals surface area (Å²) in [5, 5.41) is 0.761. The van der Waals surface area contributed by atoms with Crippen LogP contribution in [0, 0.1) is 5.82 Å². The number of hydrogen-bond donors (Lipinski definition) is 0. The van der Waals surface area contributed by atoms with Crippen molar-refractivity contribution >= 4 is 40.1 Å². The maximum absolute atomic E-state index is 14.3. The lowest BCUT2D eigenvalue weighted by Gasteiger charge is -2.30. The van der Waals surface area contributed by atoms with Gasteiger partial charge in [0.1, 0.15) is 17.7 Å². The Morgan fingerprint density at radius 1 is 1.21 bits per heavy atom. The highest BCUT2D eigenvalue weighted by molar-refractivity contribution is 6.42. The van der Waals surface area contributed by atoms with Crippen LogP contribution >= 0.6 is 23.2 Å². The number of imidazole rings is 1. The number of halogens is 3. The Kier molecular flexibility index (Phi) is 5.76. The molecule has 2 aromatic carbocycles. The summed E-state index contributed by atoms with van der Waals surface area (Å²) in [7, 11) is 0. The van der Waals surface area contributed by atoms with E-state index < -0.39 is 6.04 Å². The van der Waals surface area contributed by atoms with Gasteiger partial charge in [-0.1, -0.05) is 41.4 Å². The molecule has 4 rings (SSSR count). The van der Waals surface area contributed by atoms with Crippen LogP contribution in [0.4, 0.5) is 4.39 Å². The first-order valence-corrected chi connectivity index (χ1v) is 10.2. The summed E-state index contributed by atoms with van der Waals surface area (Å²) in [5.74, 6) is 0.236. The normalized spacial score (nSPS) is 15.7. The van der Waals surface area contributed by atoms with Crippen molar-refractivity contribution in [3.63, 3.8) is 0 Å². The van der Waals surface area contributed by atoms with Crippen LogP contribution in [-0.4, -0.2) is 46.7 Å². The molecular weight excluding hydrogens is 416 g/mol. The number of aromatic nitrogens is 2. The Bertz CT molecular complexity index is 1060. The number of hydrogen-bond acceptors (Lipinski definition) is 3. The molecule has 0 bridgehead atoms. The number of ether oxygens (including phenoxy) is 1. The molecule has 5 nitrogen and oxygen atoms in total. The summed E-state index contributed by atoms with van der Waals surface area (Å²) in [4.78, 5) is 19.6. The van der Waals surface area contributed by atoms with Crippen molar-refractivity contribution in [3.05, 3.63) is 63.6 Å². The Balaban J connectivity index is 1.80. The van der Waals surface area contributed by atoms with E-state index in [9.17, 15) is 9.18 Å². The molecule has 0 saturated carbocycles. The molecule has 152 valence electrons. The van der Waals surface area contributed by atoms with E-state index in [4.69, 9.17) is 27.9 Å². The largest absolute Gasteiger partial charge is 0.378 e. The van der Waals surface area contributed by atoms with E-state index in [1.165, 1.54) is 6.07 Å². The number of carbonyl (C=O) groups excluding carboxylic acids is 1. The van der Waals surface area contributed by atoms with Gasteiger partial charge in [0, 0.05) is 19.5 Å². The van der Waals surface area contributed by atoms with E-state index in [0.29, 0.717) is 58.8 Å². The maximum atomic E-state index is 14.3. The second kappa shape index (κ2) is 8.30. The third-order valence-electron chi connectivity index (χ3n) is 5.18. The van der Waals surface area contributed by atoms with E-state index in [-0.39, 0.29) is 18.1 Å². The molecule has 0 aliphatic carbocycles. The zero-order chi connectivity index (χ0) is 20.5. The van der Waals surface area contributed by atoms with Gasteiger partial charge < -0.3 is 14.2 Å². The van der Waals surface area contributed by atoms with E-state index in [0.717, 1.165) is 0 Å². The predicted octanol–water partition coefficient (Wildman–Crippen LogP) is 4.49. The van der Waals surface area contributed by atoms with Gasteiger partial charge in [0.2, 0.25) is 5.91 Å². The summed E-state index contributed by atoms with van der Waals surface area (Å²) in [6, 6.07) is 9.41. The van der Waals surface area contributed by atoms with Crippen molar-refractivity contribution in [2.45, 2.75) is 19.4 Å². The lowest BCUT2D eigenvalue weighted by atomic mass is 10.1. The third-order valence-corrected chi connectivity index (χ3v) is 5.90. The maximum Gasteiger partial charge on any atom is 0.245 e. The van der Waals surface area contributed by atoms with Crippen LogP contribution in [0.15, 0.2) is 36.4 Å². The van der Waals surface area contributed by atoms with Crippen LogP contribution in [0.3, 0.4) is 0 Å². The Labute approximate surface area is 178 Å². The predicted molar refractivity (Wildman–Crippen MR) is 111 cm³/mol. The molecule has 1 aliphatic rings. The highest BCUT2D eigenvalue weighted by Gasteiger charge is 2.27. The van der Waals surface area contributed by atoms with Gasteiger partial charge in [-0.2, -0.15) is 0 Å². The minimum absolute atomic E-state index is 0.0338. The monoisotopic (exact) mass is 435 g/mol. The van der Waals surface area contributed by atoms with Gasteiger partial charge in [-0.05, 0) is 30.7 Å². The zero-order valence-electron chi connectivity index (χ0n) is 15.9.